The van der Waals surface area contributed by atoms with Crippen LogP contribution >= 0.6 is 0 Å². The molecule has 0 spiro atoms. The van der Waals surface area contributed by atoms with E-state index < -0.39 is 5.82 Å². The van der Waals surface area contributed by atoms with Gasteiger partial charge < -0.3 is 10.2 Å². The summed E-state index contributed by atoms with van der Waals surface area (Å²) >= 11 is 0. The lowest BCUT2D eigenvalue weighted by Gasteiger charge is -2.39. The van der Waals surface area contributed by atoms with Crippen LogP contribution in [0.15, 0.2) is 84.9 Å². The summed E-state index contributed by atoms with van der Waals surface area (Å²) in [6.07, 6.45) is 1.31. The quantitative estimate of drug-likeness (QED) is 0.653. The highest BCUT2D eigenvalue weighted by atomic mass is 19.1. The lowest BCUT2D eigenvalue weighted by molar-refractivity contribution is -0.127. The van der Waals surface area contributed by atoms with Gasteiger partial charge in [-0.25, -0.2) is 4.39 Å². The molecule has 5 heteroatoms. The van der Waals surface area contributed by atoms with Gasteiger partial charge in [0, 0.05) is 13.1 Å². The zero-order valence-corrected chi connectivity index (χ0v) is 17.2. The van der Waals surface area contributed by atoms with Gasteiger partial charge in [0.25, 0.3) is 5.91 Å². The number of nitrogens with zero attached hydrogens (tertiary/aromatic N) is 1. The molecule has 1 N–H and O–H groups in total. The van der Waals surface area contributed by atoms with Crippen molar-refractivity contribution < 1.29 is 14.0 Å². The fourth-order valence-electron chi connectivity index (χ4n) is 4.15. The van der Waals surface area contributed by atoms with Crippen LogP contribution in [0.3, 0.4) is 0 Å². The molecule has 0 aromatic heterocycles. The standard InChI is InChI=1S/C26H25FN2O2/c27-23-14-8-7-13-22(23)26(31)29-18-21(15-16-24(29)20-11-5-2-6-12-20)25(30)28-17-19-9-3-1-4-10-19/h1-14,21,24H,15-18H2,(H,28,30)/t21-,24+/m0/s1. The maximum Gasteiger partial charge on any atom is 0.257 e. The summed E-state index contributed by atoms with van der Waals surface area (Å²) < 4.78 is 14.4. The van der Waals surface area contributed by atoms with Crippen molar-refractivity contribution in [2.45, 2.75) is 25.4 Å². The smallest absolute Gasteiger partial charge is 0.257 e. The molecule has 0 unspecified atom stereocenters. The van der Waals surface area contributed by atoms with E-state index in [9.17, 15) is 14.0 Å². The van der Waals surface area contributed by atoms with Gasteiger partial charge in [0.2, 0.25) is 5.91 Å². The van der Waals surface area contributed by atoms with E-state index in [4.69, 9.17) is 0 Å². The third-order valence-electron chi connectivity index (χ3n) is 5.81. The minimum atomic E-state index is -0.546. The third-order valence-corrected chi connectivity index (χ3v) is 5.81. The summed E-state index contributed by atoms with van der Waals surface area (Å²) in [4.78, 5) is 27.8. The van der Waals surface area contributed by atoms with E-state index in [0.29, 0.717) is 19.4 Å². The van der Waals surface area contributed by atoms with Crippen LogP contribution in [0.1, 0.15) is 40.4 Å². The van der Waals surface area contributed by atoms with Crippen molar-refractivity contribution in [3.8, 4) is 0 Å². The Hall–Kier alpha value is -3.47. The van der Waals surface area contributed by atoms with Gasteiger partial charge in [-0.2, -0.15) is 0 Å². The molecular weight excluding hydrogens is 391 g/mol. The summed E-state index contributed by atoms with van der Waals surface area (Å²) in [5.41, 5.74) is 2.05. The van der Waals surface area contributed by atoms with Crippen molar-refractivity contribution >= 4 is 11.8 Å². The van der Waals surface area contributed by atoms with Gasteiger partial charge in [-0.15, -0.1) is 0 Å². The summed E-state index contributed by atoms with van der Waals surface area (Å²) in [6.45, 7) is 0.701. The van der Waals surface area contributed by atoms with E-state index in [1.54, 1.807) is 17.0 Å². The average Bonchev–Trinajstić information content (AvgIpc) is 2.83. The van der Waals surface area contributed by atoms with Crippen LogP contribution in [0.5, 0.6) is 0 Å². The Morgan fingerprint density at radius 1 is 0.871 bits per heavy atom. The molecule has 3 aromatic carbocycles. The molecule has 158 valence electrons. The topological polar surface area (TPSA) is 49.4 Å². The highest BCUT2D eigenvalue weighted by Crippen LogP contribution is 2.35. The molecule has 2 amide bonds. The molecule has 1 heterocycles. The molecule has 2 atom stereocenters. The first-order valence-electron chi connectivity index (χ1n) is 10.6. The number of likely N-dealkylation sites (tertiary alicyclic amines) is 1. The first kappa shape index (κ1) is 20.8. The van der Waals surface area contributed by atoms with Crippen LogP contribution in [0.4, 0.5) is 4.39 Å². The summed E-state index contributed by atoms with van der Waals surface area (Å²) in [5.74, 6) is -1.34. The fraction of sp³-hybridized carbons (Fsp3) is 0.231. The minimum absolute atomic E-state index is 0.0359. The number of benzene rings is 3. The molecule has 0 saturated carbocycles. The number of hydrogen-bond donors (Lipinski definition) is 1. The van der Waals surface area contributed by atoms with Crippen molar-refractivity contribution in [3.63, 3.8) is 0 Å². The molecule has 0 radical (unpaired) electrons. The van der Waals surface area contributed by atoms with E-state index in [0.717, 1.165) is 11.1 Å². The Kier molecular flexibility index (Phi) is 6.41. The zero-order valence-electron chi connectivity index (χ0n) is 17.2. The lowest BCUT2D eigenvalue weighted by Crippen LogP contribution is -2.47. The Labute approximate surface area is 181 Å². The predicted octanol–water partition coefficient (Wildman–Crippen LogP) is 4.74. The third kappa shape index (κ3) is 4.82. The van der Waals surface area contributed by atoms with Crippen LogP contribution in [-0.4, -0.2) is 23.3 Å². The Morgan fingerprint density at radius 2 is 1.52 bits per heavy atom. The molecule has 0 aliphatic carbocycles. The first-order chi connectivity index (χ1) is 15.1. The highest BCUT2D eigenvalue weighted by molar-refractivity contribution is 5.95. The molecule has 31 heavy (non-hydrogen) atoms. The molecular formula is C26H25FN2O2. The van der Waals surface area contributed by atoms with Crippen molar-refractivity contribution in [1.29, 1.82) is 0 Å². The summed E-state index contributed by atoms with van der Waals surface area (Å²) in [5, 5.41) is 2.98. The number of carbonyl (C=O) groups is 2. The zero-order chi connectivity index (χ0) is 21.6. The van der Waals surface area contributed by atoms with E-state index >= 15 is 0 Å². The summed E-state index contributed by atoms with van der Waals surface area (Å²) in [6, 6.07) is 25.3. The largest absolute Gasteiger partial charge is 0.352 e. The van der Waals surface area contributed by atoms with Gasteiger partial charge in [0.1, 0.15) is 5.82 Å². The molecule has 1 saturated heterocycles. The Morgan fingerprint density at radius 3 is 2.23 bits per heavy atom. The highest BCUT2D eigenvalue weighted by Gasteiger charge is 2.36. The molecule has 1 aliphatic rings. The molecule has 4 rings (SSSR count). The van der Waals surface area contributed by atoms with E-state index in [-0.39, 0.29) is 35.9 Å². The van der Waals surface area contributed by atoms with Crippen LogP contribution in [-0.2, 0) is 11.3 Å². The Bertz CT molecular complexity index is 1040. The van der Waals surface area contributed by atoms with Crippen molar-refractivity contribution in [2.75, 3.05) is 6.54 Å². The number of carbonyl (C=O) groups excluding carboxylic acids is 2. The predicted molar refractivity (Wildman–Crippen MR) is 118 cm³/mol. The van der Waals surface area contributed by atoms with Crippen LogP contribution in [0.25, 0.3) is 0 Å². The number of rotatable bonds is 5. The van der Waals surface area contributed by atoms with Crippen LogP contribution in [0.2, 0.25) is 0 Å². The van der Waals surface area contributed by atoms with Gasteiger partial charge in [-0.3, -0.25) is 9.59 Å². The van der Waals surface area contributed by atoms with Gasteiger partial charge in [-0.05, 0) is 36.1 Å². The summed E-state index contributed by atoms with van der Waals surface area (Å²) in [7, 11) is 0. The molecule has 3 aromatic rings. The van der Waals surface area contributed by atoms with Gasteiger partial charge in [0.15, 0.2) is 0 Å². The number of nitrogens with one attached hydrogen (secondary N) is 1. The van der Waals surface area contributed by atoms with Crippen molar-refractivity contribution in [1.82, 2.24) is 10.2 Å². The number of halogens is 1. The van der Waals surface area contributed by atoms with Gasteiger partial charge in [-0.1, -0.05) is 72.8 Å². The molecule has 1 fully saturated rings. The van der Waals surface area contributed by atoms with Crippen molar-refractivity contribution in [2.24, 2.45) is 5.92 Å². The second-order valence-corrected chi connectivity index (χ2v) is 7.84. The second kappa shape index (κ2) is 9.56. The second-order valence-electron chi connectivity index (χ2n) is 7.84. The molecule has 1 aliphatic heterocycles. The number of piperidine rings is 1. The Balaban J connectivity index is 1.54. The fourth-order valence-corrected chi connectivity index (χ4v) is 4.15. The van der Waals surface area contributed by atoms with Crippen molar-refractivity contribution in [3.05, 3.63) is 107 Å². The molecule has 0 bridgehead atoms. The maximum absolute atomic E-state index is 14.4. The van der Waals surface area contributed by atoms with E-state index in [2.05, 4.69) is 5.32 Å². The first-order valence-corrected chi connectivity index (χ1v) is 10.6. The van der Waals surface area contributed by atoms with E-state index in [1.807, 2.05) is 60.7 Å². The minimum Gasteiger partial charge on any atom is -0.352 e. The van der Waals surface area contributed by atoms with Crippen LogP contribution in [0, 0.1) is 11.7 Å². The number of amides is 2. The maximum atomic E-state index is 14.4. The van der Waals surface area contributed by atoms with Crippen LogP contribution < -0.4 is 5.32 Å². The normalized spacial score (nSPS) is 18.4. The van der Waals surface area contributed by atoms with E-state index in [1.165, 1.54) is 12.1 Å². The SMILES string of the molecule is O=C(NCc1ccccc1)[C@H]1CC[C@H](c2ccccc2)N(C(=O)c2ccccc2F)C1. The average molecular weight is 416 g/mol. The lowest BCUT2D eigenvalue weighted by atomic mass is 9.87. The van der Waals surface area contributed by atoms with Gasteiger partial charge >= 0.3 is 0 Å². The van der Waals surface area contributed by atoms with Gasteiger partial charge in [0.05, 0.1) is 17.5 Å². The number of hydrogen-bond acceptors (Lipinski definition) is 2. The monoisotopic (exact) mass is 416 g/mol. The molecule has 4 nitrogen and oxygen atoms in total.